The molecule has 180 valence electrons. The molecule has 31 heavy (non-hydrogen) atoms. The van der Waals surface area contributed by atoms with Crippen LogP contribution < -0.4 is 5.32 Å². The van der Waals surface area contributed by atoms with Crippen LogP contribution in [-0.4, -0.2) is 30.7 Å². The zero-order chi connectivity index (χ0) is 22.6. The maximum Gasteiger partial charge on any atom is 0.415 e. The molecule has 0 aliphatic carbocycles. The Labute approximate surface area is 189 Å². The SMILES string of the molecule is CCCCCCCCCCCCCCCCCC(=O)OCCCC[C@H]1NC(=O)OC1=O. The number of rotatable bonds is 21. The van der Waals surface area contributed by atoms with Gasteiger partial charge < -0.3 is 14.8 Å². The molecule has 1 aliphatic rings. The largest absolute Gasteiger partial charge is 0.466 e. The smallest absolute Gasteiger partial charge is 0.415 e. The van der Waals surface area contributed by atoms with Gasteiger partial charge in [0.05, 0.1) is 6.61 Å². The molecule has 0 radical (unpaired) electrons. The van der Waals surface area contributed by atoms with Gasteiger partial charge >= 0.3 is 18.0 Å². The minimum atomic E-state index is -0.676. The van der Waals surface area contributed by atoms with Crippen molar-refractivity contribution < 1.29 is 23.9 Å². The van der Waals surface area contributed by atoms with E-state index in [1.54, 1.807) is 0 Å². The zero-order valence-corrected chi connectivity index (χ0v) is 19.8. The van der Waals surface area contributed by atoms with E-state index in [2.05, 4.69) is 17.0 Å². The number of hydrogen-bond acceptors (Lipinski definition) is 5. The quantitative estimate of drug-likeness (QED) is 0.124. The van der Waals surface area contributed by atoms with Gasteiger partial charge in [0.1, 0.15) is 6.04 Å². The molecule has 1 saturated heterocycles. The molecule has 1 rings (SSSR count). The first-order valence-electron chi connectivity index (χ1n) is 12.8. The summed E-state index contributed by atoms with van der Waals surface area (Å²) < 4.78 is 9.65. The number of carbonyl (C=O) groups is 3. The number of nitrogens with one attached hydrogen (secondary N) is 1. The van der Waals surface area contributed by atoms with Crippen molar-refractivity contribution in [3.05, 3.63) is 0 Å². The van der Waals surface area contributed by atoms with Crippen LogP contribution in [0.25, 0.3) is 0 Å². The second-order valence-corrected chi connectivity index (χ2v) is 8.82. The fourth-order valence-electron chi connectivity index (χ4n) is 3.93. The summed E-state index contributed by atoms with van der Waals surface area (Å²) in [5.41, 5.74) is 0. The molecule has 0 aromatic carbocycles. The number of esters is 2. The Kier molecular flexibility index (Phi) is 16.9. The first kappa shape index (κ1) is 27.4. The minimum absolute atomic E-state index is 0.136. The minimum Gasteiger partial charge on any atom is -0.466 e. The van der Waals surface area contributed by atoms with Gasteiger partial charge in [-0.05, 0) is 25.7 Å². The highest BCUT2D eigenvalue weighted by Gasteiger charge is 2.31. The Morgan fingerprint density at radius 1 is 0.774 bits per heavy atom. The van der Waals surface area contributed by atoms with Crippen LogP contribution in [0, 0.1) is 0 Å². The van der Waals surface area contributed by atoms with E-state index >= 15 is 0 Å². The van der Waals surface area contributed by atoms with E-state index < -0.39 is 18.1 Å². The molecule has 0 aromatic heterocycles. The molecule has 1 N–H and O–H groups in total. The molecule has 6 nitrogen and oxygen atoms in total. The maximum absolute atomic E-state index is 11.7. The molecule has 1 atom stereocenters. The van der Waals surface area contributed by atoms with Gasteiger partial charge in [-0.15, -0.1) is 0 Å². The lowest BCUT2D eigenvalue weighted by atomic mass is 10.0. The predicted octanol–water partition coefficient (Wildman–Crippen LogP) is 6.60. The van der Waals surface area contributed by atoms with Crippen LogP contribution in [0.4, 0.5) is 4.79 Å². The summed E-state index contributed by atoms with van der Waals surface area (Å²) in [6.45, 7) is 2.63. The number of amides is 1. The van der Waals surface area contributed by atoms with E-state index in [-0.39, 0.29) is 5.97 Å². The summed E-state index contributed by atoms with van der Waals surface area (Å²) in [7, 11) is 0. The van der Waals surface area contributed by atoms with Crippen molar-refractivity contribution in [1.82, 2.24) is 5.32 Å². The van der Waals surface area contributed by atoms with E-state index in [9.17, 15) is 14.4 Å². The topological polar surface area (TPSA) is 81.7 Å². The Morgan fingerprint density at radius 3 is 1.77 bits per heavy atom. The number of cyclic esters (lactones) is 2. The molecule has 0 aromatic rings. The van der Waals surface area contributed by atoms with Crippen molar-refractivity contribution in [1.29, 1.82) is 0 Å². The molecule has 0 unspecified atom stereocenters. The summed E-state index contributed by atoms with van der Waals surface area (Å²) in [5.74, 6) is -0.654. The molecule has 1 fully saturated rings. The molecule has 1 amide bonds. The maximum atomic E-state index is 11.7. The summed E-state index contributed by atoms with van der Waals surface area (Å²) in [5, 5.41) is 2.46. The second-order valence-electron chi connectivity index (χ2n) is 8.82. The third-order valence-corrected chi connectivity index (χ3v) is 5.90. The molecule has 1 heterocycles. The molecule has 0 bridgehead atoms. The summed E-state index contributed by atoms with van der Waals surface area (Å²) in [6.07, 6.45) is 21.4. The standard InChI is InChI=1S/C25H45NO5/c1-2-3-4-5-6-7-8-9-10-11-12-13-14-15-16-20-23(27)30-21-18-17-19-22-24(28)31-25(29)26-22/h22H,2-21H2,1H3,(H,26,29)/t22-/m1/s1. The Balaban J connectivity index is 1.76. The highest BCUT2D eigenvalue weighted by atomic mass is 16.6. The van der Waals surface area contributed by atoms with Crippen molar-refractivity contribution in [2.24, 2.45) is 0 Å². The monoisotopic (exact) mass is 439 g/mol. The van der Waals surface area contributed by atoms with Gasteiger partial charge in [0.25, 0.3) is 0 Å². The third kappa shape index (κ3) is 15.8. The zero-order valence-electron chi connectivity index (χ0n) is 19.8. The number of unbranched alkanes of at least 4 members (excludes halogenated alkanes) is 15. The predicted molar refractivity (Wildman–Crippen MR) is 123 cm³/mol. The van der Waals surface area contributed by atoms with E-state index in [4.69, 9.17) is 4.74 Å². The number of carbonyl (C=O) groups excluding carboxylic acids is 3. The third-order valence-electron chi connectivity index (χ3n) is 5.90. The van der Waals surface area contributed by atoms with Crippen LogP contribution >= 0.6 is 0 Å². The molecular formula is C25H45NO5. The van der Waals surface area contributed by atoms with Gasteiger partial charge in [-0.1, -0.05) is 96.8 Å². The normalized spacial score (nSPS) is 15.7. The van der Waals surface area contributed by atoms with E-state index in [1.807, 2.05) is 0 Å². The Bertz CT molecular complexity index is 494. The second kappa shape index (κ2) is 19.1. The molecule has 1 aliphatic heterocycles. The fourth-order valence-corrected chi connectivity index (χ4v) is 3.93. The first-order chi connectivity index (χ1) is 15.1. The van der Waals surface area contributed by atoms with Crippen molar-refractivity contribution >= 4 is 18.0 Å². The van der Waals surface area contributed by atoms with Gasteiger partial charge in [0.2, 0.25) is 0 Å². The van der Waals surface area contributed by atoms with Gasteiger partial charge in [-0.25, -0.2) is 9.59 Å². The summed E-state index contributed by atoms with van der Waals surface area (Å²) in [6, 6.07) is -0.552. The highest BCUT2D eigenvalue weighted by Crippen LogP contribution is 2.14. The lowest BCUT2D eigenvalue weighted by molar-refractivity contribution is -0.144. The van der Waals surface area contributed by atoms with Crippen LogP contribution in [0.5, 0.6) is 0 Å². The number of alkyl carbamates (subject to hydrolysis) is 1. The van der Waals surface area contributed by atoms with Crippen molar-refractivity contribution in [2.75, 3.05) is 6.61 Å². The van der Waals surface area contributed by atoms with Crippen LogP contribution in [0.3, 0.4) is 0 Å². The Morgan fingerprint density at radius 2 is 1.29 bits per heavy atom. The van der Waals surface area contributed by atoms with Crippen molar-refractivity contribution in [2.45, 2.75) is 135 Å². The molecule has 6 heteroatoms. The van der Waals surface area contributed by atoms with Gasteiger partial charge in [-0.2, -0.15) is 0 Å². The van der Waals surface area contributed by atoms with Gasteiger partial charge in [0, 0.05) is 6.42 Å². The van der Waals surface area contributed by atoms with Crippen LogP contribution in [-0.2, 0) is 19.1 Å². The highest BCUT2D eigenvalue weighted by molar-refractivity contribution is 5.95. The fraction of sp³-hybridized carbons (Fsp3) is 0.880. The summed E-state index contributed by atoms with van der Waals surface area (Å²) >= 11 is 0. The lowest BCUT2D eigenvalue weighted by Crippen LogP contribution is -2.28. The average Bonchev–Trinajstić information content (AvgIpc) is 3.07. The first-order valence-corrected chi connectivity index (χ1v) is 12.8. The van der Waals surface area contributed by atoms with Crippen LogP contribution in [0.15, 0.2) is 0 Å². The summed E-state index contributed by atoms with van der Waals surface area (Å²) in [4.78, 5) is 33.9. The van der Waals surface area contributed by atoms with Gasteiger partial charge in [-0.3, -0.25) is 4.79 Å². The van der Waals surface area contributed by atoms with E-state index in [0.29, 0.717) is 32.3 Å². The van der Waals surface area contributed by atoms with Crippen LogP contribution in [0.2, 0.25) is 0 Å². The van der Waals surface area contributed by atoms with E-state index in [1.165, 1.54) is 83.5 Å². The van der Waals surface area contributed by atoms with Gasteiger partial charge in [0.15, 0.2) is 0 Å². The lowest BCUT2D eigenvalue weighted by Gasteiger charge is -2.07. The average molecular weight is 440 g/mol. The van der Waals surface area contributed by atoms with E-state index in [0.717, 1.165) is 12.8 Å². The Hall–Kier alpha value is -1.59. The number of hydrogen-bond donors (Lipinski definition) is 1. The molecular weight excluding hydrogens is 394 g/mol. The van der Waals surface area contributed by atoms with Crippen LogP contribution in [0.1, 0.15) is 129 Å². The molecule has 0 spiro atoms. The van der Waals surface area contributed by atoms with Crippen molar-refractivity contribution in [3.63, 3.8) is 0 Å². The number of ether oxygens (including phenoxy) is 2. The van der Waals surface area contributed by atoms with Crippen molar-refractivity contribution in [3.8, 4) is 0 Å². The molecule has 0 saturated carbocycles.